The van der Waals surface area contributed by atoms with Crippen LogP contribution in [0.2, 0.25) is 13.1 Å². The van der Waals surface area contributed by atoms with E-state index in [0.717, 1.165) is 0 Å². The normalized spacial score (nSPS) is 16.3. The highest BCUT2D eigenvalue weighted by atomic mass is 79.9. The Morgan fingerprint density at radius 2 is 1.56 bits per heavy atom. The SMILES string of the molecule is C[Si]1(C)C(c2ccccc2Br)=Cc2ccccc21. The maximum atomic E-state index is 3.68. The van der Waals surface area contributed by atoms with E-state index in [1.54, 1.807) is 5.19 Å². The van der Waals surface area contributed by atoms with E-state index in [0.29, 0.717) is 0 Å². The van der Waals surface area contributed by atoms with Gasteiger partial charge in [0, 0.05) is 4.47 Å². The summed E-state index contributed by atoms with van der Waals surface area (Å²) < 4.78 is 1.20. The molecule has 2 heteroatoms. The van der Waals surface area contributed by atoms with E-state index in [4.69, 9.17) is 0 Å². The fourth-order valence-electron chi connectivity index (χ4n) is 2.77. The van der Waals surface area contributed by atoms with E-state index in [9.17, 15) is 0 Å². The summed E-state index contributed by atoms with van der Waals surface area (Å²) in [7, 11) is -1.53. The van der Waals surface area contributed by atoms with Gasteiger partial charge in [0.1, 0.15) is 8.07 Å². The zero-order valence-electron chi connectivity index (χ0n) is 10.6. The Kier molecular flexibility index (Phi) is 2.79. The van der Waals surface area contributed by atoms with Crippen LogP contribution in [-0.2, 0) is 0 Å². The Labute approximate surface area is 118 Å². The zero-order chi connectivity index (χ0) is 12.8. The number of halogens is 1. The van der Waals surface area contributed by atoms with Crippen molar-refractivity contribution in [2.24, 2.45) is 0 Å². The maximum absolute atomic E-state index is 3.68. The van der Waals surface area contributed by atoms with Gasteiger partial charge >= 0.3 is 0 Å². The van der Waals surface area contributed by atoms with Gasteiger partial charge < -0.3 is 0 Å². The second-order valence-electron chi connectivity index (χ2n) is 5.25. The van der Waals surface area contributed by atoms with Crippen molar-refractivity contribution in [1.82, 2.24) is 0 Å². The smallest absolute Gasteiger partial charge is 0.0623 e. The number of benzene rings is 2. The average molecular weight is 315 g/mol. The lowest BCUT2D eigenvalue weighted by Gasteiger charge is -2.23. The van der Waals surface area contributed by atoms with Gasteiger partial charge in [0.25, 0.3) is 0 Å². The predicted molar refractivity (Wildman–Crippen MR) is 85.6 cm³/mol. The molecule has 1 aliphatic rings. The molecule has 2 aromatic carbocycles. The quantitative estimate of drug-likeness (QED) is 0.682. The van der Waals surface area contributed by atoms with Crippen molar-refractivity contribution in [3.8, 4) is 0 Å². The molecule has 1 heterocycles. The molecule has 0 fully saturated rings. The average Bonchev–Trinajstić information content (AvgIpc) is 2.63. The third kappa shape index (κ3) is 1.71. The van der Waals surface area contributed by atoms with Crippen molar-refractivity contribution < 1.29 is 0 Å². The Hall–Kier alpha value is -1.12. The molecule has 0 spiro atoms. The van der Waals surface area contributed by atoms with Crippen molar-refractivity contribution in [2.75, 3.05) is 0 Å². The molecule has 0 radical (unpaired) electrons. The van der Waals surface area contributed by atoms with Crippen LogP contribution in [0.1, 0.15) is 11.1 Å². The van der Waals surface area contributed by atoms with Gasteiger partial charge in [-0.1, -0.05) is 77.6 Å². The standard InChI is InChI=1S/C16H15BrSi/c1-18(2)15-10-6-3-7-12(15)11-16(18)13-8-4-5-9-14(13)17/h3-11H,1-2H3. The predicted octanol–water partition coefficient (Wildman–Crippen LogP) is 4.46. The first kappa shape index (κ1) is 11.9. The van der Waals surface area contributed by atoms with E-state index < -0.39 is 8.07 Å². The molecule has 0 saturated carbocycles. The topological polar surface area (TPSA) is 0 Å². The first-order valence-corrected chi connectivity index (χ1v) is 9.96. The van der Waals surface area contributed by atoms with Gasteiger partial charge in [-0.15, -0.1) is 0 Å². The van der Waals surface area contributed by atoms with Crippen LogP contribution in [-0.4, -0.2) is 8.07 Å². The van der Waals surface area contributed by atoms with E-state index in [1.807, 2.05) is 0 Å². The molecule has 0 nitrogen and oxygen atoms in total. The monoisotopic (exact) mass is 314 g/mol. The Bertz CT molecular complexity index is 641. The van der Waals surface area contributed by atoms with Gasteiger partial charge in [0.2, 0.25) is 0 Å². The first-order chi connectivity index (χ1) is 8.60. The molecule has 2 aromatic rings. The van der Waals surface area contributed by atoms with Crippen molar-refractivity contribution >= 4 is 40.5 Å². The molecule has 90 valence electrons. The highest BCUT2D eigenvalue weighted by Crippen LogP contribution is 2.36. The Morgan fingerprint density at radius 3 is 2.28 bits per heavy atom. The van der Waals surface area contributed by atoms with Crippen LogP contribution in [0.4, 0.5) is 0 Å². The van der Waals surface area contributed by atoms with Crippen LogP contribution in [0.15, 0.2) is 53.0 Å². The summed E-state index contributed by atoms with van der Waals surface area (Å²) in [5.74, 6) is 0. The van der Waals surface area contributed by atoms with Crippen molar-refractivity contribution in [3.05, 3.63) is 64.1 Å². The van der Waals surface area contributed by atoms with Gasteiger partial charge in [-0.05, 0) is 27.6 Å². The van der Waals surface area contributed by atoms with Gasteiger partial charge in [-0.25, -0.2) is 0 Å². The van der Waals surface area contributed by atoms with Crippen molar-refractivity contribution in [1.29, 1.82) is 0 Å². The summed E-state index contributed by atoms with van der Waals surface area (Å²) >= 11 is 3.68. The molecule has 3 rings (SSSR count). The van der Waals surface area contributed by atoms with Crippen LogP contribution < -0.4 is 5.19 Å². The number of fused-ring (bicyclic) bond motifs is 1. The van der Waals surface area contributed by atoms with Gasteiger partial charge in [-0.3, -0.25) is 0 Å². The lowest BCUT2D eigenvalue weighted by molar-refractivity contribution is 1.58. The molecule has 0 amide bonds. The number of hydrogen-bond acceptors (Lipinski definition) is 0. The summed E-state index contributed by atoms with van der Waals surface area (Å²) in [5.41, 5.74) is 2.75. The molecule has 0 atom stereocenters. The van der Waals surface area contributed by atoms with E-state index >= 15 is 0 Å². The molecule has 0 aromatic heterocycles. The second-order valence-corrected chi connectivity index (χ2v) is 10.4. The summed E-state index contributed by atoms with van der Waals surface area (Å²) in [6.45, 7) is 4.87. The fourth-order valence-corrected chi connectivity index (χ4v) is 6.54. The molecule has 0 saturated heterocycles. The minimum atomic E-state index is -1.53. The molecular weight excluding hydrogens is 300 g/mol. The molecule has 0 aliphatic carbocycles. The minimum absolute atomic E-state index is 1.20. The van der Waals surface area contributed by atoms with E-state index in [-0.39, 0.29) is 0 Å². The highest BCUT2D eigenvalue weighted by molar-refractivity contribution is 9.10. The Balaban J connectivity index is 2.20. The Morgan fingerprint density at radius 1 is 0.889 bits per heavy atom. The van der Waals surface area contributed by atoms with Crippen molar-refractivity contribution in [3.63, 3.8) is 0 Å². The summed E-state index contributed by atoms with van der Waals surface area (Å²) in [6, 6.07) is 17.3. The van der Waals surface area contributed by atoms with E-state index in [2.05, 4.69) is 83.6 Å². The molecule has 0 N–H and O–H groups in total. The summed E-state index contributed by atoms with van der Waals surface area (Å²) in [5, 5.41) is 3.08. The summed E-state index contributed by atoms with van der Waals surface area (Å²) in [4.78, 5) is 0. The largest absolute Gasteiger partial charge is 0.113 e. The number of hydrogen-bond donors (Lipinski definition) is 0. The molecule has 0 unspecified atom stereocenters. The maximum Gasteiger partial charge on any atom is 0.113 e. The molecule has 0 bridgehead atoms. The van der Waals surface area contributed by atoms with Gasteiger partial charge in [0.15, 0.2) is 0 Å². The third-order valence-electron chi connectivity index (χ3n) is 3.77. The van der Waals surface area contributed by atoms with Gasteiger partial charge in [-0.2, -0.15) is 0 Å². The number of rotatable bonds is 1. The minimum Gasteiger partial charge on any atom is -0.0623 e. The third-order valence-corrected chi connectivity index (χ3v) is 8.03. The summed E-state index contributed by atoms with van der Waals surface area (Å²) in [6.07, 6.45) is 2.38. The van der Waals surface area contributed by atoms with Crippen LogP contribution in [0.5, 0.6) is 0 Å². The van der Waals surface area contributed by atoms with Crippen LogP contribution in [0.3, 0.4) is 0 Å². The highest BCUT2D eigenvalue weighted by Gasteiger charge is 2.35. The van der Waals surface area contributed by atoms with Crippen LogP contribution in [0.25, 0.3) is 11.3 Å². The van der Waals surface area contributed by atoms with Crippen molar-refractivity contribution in [2.45, 2.75) is 13.1 Å². The van der Waals surface area contributed by atoms with Gasteiger partial charge in [0.05, 0.1) is 0 Å². The first-order valence-electron chi connectivity index (χ1n) is 6.17. The van der Waals surface area contributed by atoms with Crippen LogP contribution in [0, 0.1) is 0 Å². The second kappa shape index (κ2) is 4.21. The molecular formula is C16H15BrSi. The van der Waals surface area contributed by atoms with Crippen LogP contribution >= 0.6 is 15.9 Å². The zero-order valence-corrected chi connectivity index (χ0v) is 13.2. The lowest BCUT2D eigenvalue weighted by atomic mass is 10.1. The fraction of sp³-hybridized carbons (Fsp3) is 0.125. The van der Waals surface area contributed by atoms with E-state index in [1.165, 1.54) is 20.8 Å². The molecule has 18 heavy (non-hydrogen) atoms. The molecule has 1 aliphatic heterocycles. The lowest BCUT2D eigenvalue weighted by Crippen LogP contribution is -2.40.